The van der Waals surface area contributed by atoms with Crippen LogP contribution in [0, 0.1) is 10.1 Å². The summed E-state index contributed by atoms with van der Waals surface area (Å²) in [6.07, 6.45) is 2.37. The van der Waals surface area contributed by atoms with Crippen LogP contribution in [-0.4, -0.2) is 53.9 Å². The molecule has 9 heteroatoms. The van der Waals surface area contributed by atoms with Crippen molar-refractivity contribution in [3.63, 3.8) is 0 Å². The number of carbonyl (C=O) groups is 2. The van der Waals surface area contributed by atoms with E-state index in [2.05, 4.69) is 10.7 Å². The van der Waals surface area contributed by atoms with Crippen LogP contribution < -0.4 is 10.7 Å². The number of nitrogens with zero attached hydrogens (tertiary/aromatic N) is 2. The number of rotatable bonds is 8. The number of thioether (sulfide) groups is 1. The molecule has 0 unspecified atom stereocenters. The second-order valence-corrected chi connectivity index (χ2v) is 5.97. The van der Waals surface area contributed by atoms with Crippen LogP contribution in [0.25, 0.3) is 0 Å². The van der Waals surface area contributed by atoms with Gasteiger partial charge >= 0.3 is 0 Å². The first-order valence-corrected chi connectivity index (χ1v) is 8.26. The van der Waals surface area contributed by atoms with Crippen molar-refractivity contribution in [2.45, 2.75) is 12.5 Å². The highest BCUT2D eigenvalue weighted by molar-refractivity contribution is 7.98. The second-order valence-electron chi connectivity index (χ2n) is 4.99. The molecule has 0 aromatic heterocycles. The fraction of sp³-hybridized carbons (Fsp3) is 0.429. The van der Waals surface area contributed by atoms with Gasteiger partial charge in [-0.1, -0.05) is 6.07 Å². The maximum Gasteiger partial charge on any atom is 0.270 e. The van der Waals surface area contributed by atoms with Gasteiger partial charge in [-0.05, 0) is 24.5 Å². The van der Waals surface area contributed by atoms with E-state index >= 15 is 0 Å². The average molecular weight is 340 g/mol. The quantitative estimate of drug-likeness (QED) is 0.541. The van der Waals surface area contributed by atoms with Crippen molar-refractivity contribution in [3.8, 4) is 0 Å². The van der Waals surface area contributed by atoms with Crippen molar-refractivity contribution in [1.82, 2.24) is 15.8 Å². The van der Waals surface area contributed by atoms with Crippen molar-refractivity contribution in [2.24, 2.45) is 0 Å². The van der Waals surface area contributed by atoms with Crippen molar-refractivity contribution >= 4 is 29.3 Å². The molecule has 0 saturated carbocycles. The minimum Gasteiger partial charge on any atom is -0.340 e. The van der Waals surface area contributed by atoms with Gasteiger partial charge in [-0.25, -0.2) is 5.01 Å². The fourth-order valence-electron chi connectivity index (χ4n) is 1.81. The topological polar surface area (TPSA) is 105 Å². The molecule has 0 bridgehead atoms. The molecule has 0 heterocycles. The van der Waals surface area contributed by atoms with Gasteiger partial charge in [0.05, 0.1) is 4.92 Å². The Labute approximate surface area is 138 Å². The zero-order valence-corrected chi connectivity index (χ0v) is 14.1. The van der Waals surface area contributed by atoms with Crippen LogP contribution in [-0.2, 0) is 4.79 Å². The summed E-state index contributed by atoms with van der Waals surface area (Å²) >= 11 is 1.56. The number of non-ortho nitro benzene ring substituents is 1. The number of carbonyl (C=O) groups excluding carboxylic acids is 2. The van der Waals surface area contributed by atoms with Crippen LogP contribution in [0.2, 0.25) is 0 Å². The van der Waals surface area contributed by atoms with Crippen LogP contribution in [0.4, 0.5) is 5.69 Å². The van der Waals surface area contributed by atoms with Crippen molar-refractivity contribution in [2.75, 3.05) is 26.1 Å². The van der Waals surface area contributed by atoms with Crippen LogP contribution >= 0.6 is 11.8 Å². The molecule has 0 aliphatic heterocycles. The number of nitro benzene ring substituents is 1. The molecule has 1 rings (SSSR count). The van der Waals surface area contributed by atoms with Gasteiger partial charge in [-0.3, -0.25) is 25.1 Å². The highest BCUT2D eigenvalue weighted by Gasteiger charge is 2.22. The molecular formula is C14H20N4O4S. The molecule has 0 fully saturated rings. The van der Waals surface area contributed by atoms with Gasteiger partial charge in [0.2, 0.25) is 0 Å². The Bertz CT molecular complexity index is 580. The number of amides is 2. The third-order valence-electron chi connectivity index (χ3n) is 2.89. The molecule has 1 atom stereocenters. The first-order chi connectivity index (χ1) is 10.8. The minimum absolute atomic E-state index is 0.144. The lowest BCUT2D eigenvalue weighted by Crippen LogP contribution is -2.50. The number of nitro groups is 1. The third-order valence-corrected chi connectivity index (χ3v) is 3.53. The van der Waals surface area contributed by atoms with Gasteiger partial charge in [0.25, 0.3) is 17.5 Å². The van der Waals surface area contributed by atoms with E-state index in [0.29, 0.717) is 12.2 Å². The van der Waals surface area contributed by atoms with Crippen molar-refractivity contribution < 1.29 is 14.5 Å². The van der Waals surface area contributed by atoms with Crippen LogP contribution in [0.15, 0.2) is 24.3 Å². The molecule has 126 valence electrons. The standard InChI is InChI=1S/C14H20N4O4S/c1-17(2)16-14(20)12(7-8-23-3)15-13(19)10-5-4-6-11(9-10)18(21)22/h4-6,9,12H,7-8H2,1-3H3,(H,15,19)(H,16,20)/t12-/m1/s1. The number of hydrazine groups is 1. The number of hydrogen-bond donors (Lipinski definition) is 2. The zero-order valence-electron chi connectivity index (χ0n) is 13.2. The molecule has 0 aliphatic carbocycles. The Morgan fingerprint density at radius 1 is 1.39 bits per heavy atom. The molecule has 0 radical (unpaired) electrons. The Morgan fingerprint density at radius 2 is 2.09 bits per heavy atom. The van der Waals surface area contributed by atoms with E-state index in [0.717, 1.165) is 0 Å². The Hall–Kier alpha value is -2.13. The van der Waals surface area contributed by atoms with Crippen LogP contribution in [0.5, 0.6) is 0 Å². The fourth-order valence-corrected chi connectivity index (χ4v) is 2.28. The summed E-state index contributed by atoms with van der Waals surface area (Å²) in [5, 5.41) is 14.9. The molecule has 1 aromatic rings. The maximum atomic E-state index is 12.2. The molecular weight excluding hydrogens is 320 g/mol. The predicted octanol–water partition coefficient (Wildman–Crippen LogP) is 1.04. The van der Waals surface area contributed by atoms with E-state index in [9.17, 15) is 19.7 Å². The lowest BCUT2D eigenvalue weighted by atomic mass is 10.1. The second kappa shape index (κ2) is 9.11. The third kappa shape index (κ3) is 6.25. The normalized spacial score (nSPS) is 11.8. The Kier molecular flexibility index (Phi) is 7.49. The van der Waals surface area contributed by atoms with Gasteiger partial charge in [-0.15, -0.1) is 0 Å². The van der Waals surface area contributed by atoms with Crippen molar-refractivity contribution in [1.29, 1.82) is 0 Å². The van der Waals surface area contributed by atoms with Gasteiger partial charge in [-0.2, -0.15) is 11.8 Å². The average Bonchev–Trinajstić information content (AvgIpc) is 2.50. The summed E-state index contributed by atoms with van der Waals surface area (Å²) in [6.45, 7) is 0. The molecule has 0 spiro atoms. The van der Waals surface area contributed by atoms with Gasteiger partial charge in [0, 0.05) is 31.8 Å². The van der Waals surface area contributed by atoms with Crippen LogP contribution in [0.1, 0.15) is 16.8 Å². The minimum atomic E-state index is -0.711. The van der Waals surface area contributed by atoms with E-state index in [-0.39, 0.29) is 17.2 Å². The van der Waals surface area contributed by atoms with E-state index in [1.807, 2.05) is 6.26 Å². The van der Waals surface area contributed by atoms with Gasteiger partial charge in [0.1, 0.15) is 6.04 Å². The first kappa shape index (κ1) is 18.9. The predicted molar refractivity (Wildman–Crippen MR) is 89.2 cm³/mol. The first-order valence-electron chi connectivity index (χ1n) is 6.87. The molecule has 1 aromatic carbocycles. The van der Waals surface area contributed by atoms with Gasteiger partial charge in [0.15, 0.2) is 0 Å². The largest absolute Gasteiger partial charge is 0.340 e. The molecule has 0 aliphatic rings. The molecule has 0 saturated heterocycles. The molecule has 23 heavy (non-hydrogen) atoms. The molecule has 2 N–H and O–H groups in total. The molecule has 2 amide bonds. The summed E-state index contributed by atoms with van der Waals surface area (Å²) in [5.74, 6) is -0.155. The van der Waals surface area contributed by atoms with E-state index < -0.39 is 16.9 Å². The molecule has 8 nitrogen and oxygen atoms in total. The summed E-state index contributed by atoms with van der Waals surface area (Å²) < 4.78 is 0. The van der Waals surface area contributed by atoms with Gasteiger partial charge < -0.3 is 5.32 Å². The number of nitrogens with one attached hydrogen (secondary N) is 2. The lowest BCUT2D eigenvalue weighted by molar-refractivity contribution is -0.384. The zero-order chi connectivity index (χ0) is 17.4. The SMILES string of the molecule is CSCC[C@@H](NC(=O)c1cccc([N+](=O)[O-])c1)C(=O)NN(C)C. The van der Waals surface area contributed by atoms with E-state index in [1.165, 1.54) is 29.3 Å². The van der Waals surface area contributed by atoms with Crippen molar-refractivity contribution in [3.05, 3.63) is 39.9 Å². The Morgan fingerprint density at radius 3 is 2.65 bits per heavy atom. The Balaban J connectivity index is 2.85. The maximum absolute atomic E-state index is 12.2. The summed E-state index contributed by atoms with van der Waals surface area (Å²) in [4.78, 5) is 34.6. The summed E-state index contributed by atoms with van der Waals surface area (Å²) in [7, 11) is 3.35. The number of hydrogen-bond acceptors (Lipinski definition) is 6. The summed E-state index contributed by atoms with van der Waals surface area (Å²) in [5.41, 5.74) is 2.57. The van der Waals surface area contributed by atoms with E-state index in [4.69, 9.17) is 0 Å². The van der Waals surface area contributed by atoms with Crippen LogP contribution in [0.3, 0.4) is 0 Å². The number of benzene rings is 1. The lowest BCUT2D eigenvalue weighted by Gasteiger charge is -2.20. The summed E-state index contributed by atoms with van der Waals surface area (Å²) in [6, 6.07) is 4.68. The monoisotopic (exact) mass is 340 g/mol. The van der Waals surface area contributed by atoms with E-state index in [1.54, 1.807) is 25.9 Å². The highest BCUT2D eigenvalue weighted by atomic mass is 32.2. The smallest absolute Gasteiger partial charge is 0.270 e. The highest BCUT2D eigenvalue weighted by Crippen LogP contribution is 2.13.